The Morgan fingerprint density at radius 2 is 1.82 bits per heavy atom. The number of rotatable bonds is 8. The van der Waals surface area contributed by atoms with Crippen molar-refractivity contribution in [2.75, 3.05) is 16.8 Å². The highest BCUT2D eigenvalue weighted by Crippen LogP contribution is 2.29. The van der Waals surface area contributed by atoms with Gasteiger partial charge in [-0.3, -0.25) is 9.59 Å². The zero-order valence-corrected chi connectivity index (χ0v) is 18.6. The topological polar surface area (TPSA) is 92.1 Å². The van der Waals surface area contributed by atoms with E-state index < -0.39 is 23.9 Å². The highest BCUT2D eigenvalue weighted by molar-refractivity contribution is 6.30. The van der Waals surface area contributed by atoms with Crippen LogP contribution < -0.4 is 15.0 Å². The number of halogens is 1. The van der Waals surface area contributed by atoms with Gasteiger partial charge in [-0.2, -0.15) is 0 Å². The molecule has 0 radical (unpaired) electrons. The lowest BCUT2D eigenvalue weighted by molar-refractivity contribution is -0.124. The summed E-state index contributed by atoms with van der Waals surface area (Å²) in [6.07, 6.45) is 1.28. The molecule has 1 unspecified atom stereocenters. The first-order valence-corrected chi connectivity index (χ1v) is 10.8. The summed E-state index contributed by atoms with van der Waals surface area (Å²) in [4.78, 5) is 41.6. The van der Waals surface area contributed by atoms with Crippen molar-refractivity contribution < 1.29 is 23.5 Å². The zero-order valence-electron chi connectivity index (χ0n) is 17.9. The van der Waals surface area contributed by atoms with Gasteiger partial charge in [0.1, 0.15) is 17.6 Å². The zero-order chi connectivity index (χ0) is 23.4. The van der Waals surface area contributed by atoms with Crippen molar-refractivity contribution in [1.82, 2.24) is 4.90 Å². The number of anilines is 2. The Kier molecular flexibility index (Phi) is 6.65. The van der Waals surface area contributed by atoms with E-state index in [-0.39, 0.29) is 13.0 Å². The lowest BCUT2D eigenvalue weighted by atomic mass is 10.1. The summed E-state index contributed by atoms with van der Waals surface area (Å²) in [5.74, 6) is 0.310. The van der Waals surface area contributed by atoms with Crippen molar-refractivity contribution in [1.29, 1.82) is 0 Å². The van der Waals surface area contributed by atoms with Crippen molar-refractivity contribution in [2.24, 2.45) is 0 Å². The normalized spacial score (nSPS) is 15.8. The SMILES string of the molecule is CCOc1ccc(NC(=O)CC2C(=O)N(c3ccc(Cl)cc3)C(=O)N2Cc2ccco2)cc1. The van der Waals surface area contributed by atoms with E-state index in [1.54, 1.807) is 60.7 Å². The van der Waals surface area contributed by atoms with Gasteiger partial charge in [0, 0.05) is 10.7 Å². The third-order valence-corrected chi connectivity index (χ3v) is 5.39. The predicted octanol–water partition coefficient (Wildman–Crippen LogP) is 4.70. The second-order valence-electron chi connectivity index (χ2n) is 7.37. The molecule has 2 aromatic carbocycles. The van der Waals surface area contributed by atoms with Crippen LogP contribution in [0.15, 0.2) is 71.3 Å². The molecule has 4 rings (SSSR count). The van der Waals surface area contributed by atoms with Gasteiger partial charge in [0.2, 0.25) is 5.91 Å². The van der Waals surface area contributed by atoms with Crippen LogP contribution in [0.4, 0.5) is 16.2 Å². The number of nitrogens with zero attached hydrogens (tertiary/aromatic N) is 2. The van der Waals surface area contributed by atoms with E-state index in [0.29, 0.717) is 34.5 Å². The fourth-order valence-electron chi connectivity index (χ4n) is 3.60. The summed E-state index contributed by atoms with van der Waals surface area (Å²) in [6, 6.07) is 15.2. The maximum absolute atomic E-state index is 13.2. The molecule has 0 spiro atoms. The number of furan rings is 1. The first-order chi connectivity index (χ1) is 16.0. The molecule has 1 N–H and O–H groups in total. The van der Waals surface area contributed by atoms with Crippen LogP contribution in [0.1, 0.15) is 19.1 Å². The molecule has 1 atom stereocenters. The van der Waals surface area contributed by atoms with Crippen molar-refractivity contribution >= 4 is 40.8 Å². The Balaban J connectivity index is 1.53. The van der Waals surface area contributed by atoms with E-state index in [0.717, 1.165) is 4.90 Å². The fourth-order valence-corrected chi connectivity index (χ4v) is 3.73. The summed E-state index contributed by atoms with van der Waals surface area (Å²) in [7, 11) is 0. The van der Waals surface area contributed by atoms with Crippen molar-refractivity contribution in [3.05, 3.63) is 77.7 Å². The Morgan fingerprint density at radius 3 is 2.45 bits per heavy atom. The summed E-state index contributed by atoms with van der Waals surface area (Å²) in [5.41, 5.74) is 0.945. The molecule has 1 aromatic heterocycles. The molecule has 1 fully saturated rings. The molecule has 9 heteroatoms. The molecular weight excluding hydrogens is 446 g/mol. The highest BCUT2D eigenvalue weighted by Gasteiger charge is 2.47. The number of urea groups is 1. The van der Waals surface area contributed by atoms with Gasteiger partial charge >= 0.3 is 6.03 Å². The van der Waals surface area contributed by atoms with E-state index in [1.807, 2.05) is 6.92 Å². The molecule has 8 nitrogen and oxygen atoms in total. The van der Waals surface area contributed by atoms with Crippen LogP contribution >= 0.6 is 11.6 Å². The average Bonchev–Trinajstić information content (AvgIpc) is 3.39. The summed E-state index contributed by atoms with van der Waals surface area (Å²) in [6.45, 7) is 2.49. The van der Waals surface area contributed by atoms with Gasteiger partial charge in [-0.05, 0) is 67.6 Å². The molecule has 2 heterocycles. The van der Waals surface area contributed by atoms with Crippen LogP contribution in [0.5, 0.6) is 5.75 Å². The monoisotopic (exact) mass is 467 g/mol. The number of carbonyl (C=O) groups excluding carboxylic acids is 3. The van der Waals surface area contributed by atoms with E-state index in [4.69, 9.17) is 20.8 Å². The second kappa shape index (κ2) is 9.79. The molecular formula is C24H22ClN3O5. The molecule has 3 aromatic rings. The van der Waals surface area contributed by atoms with Crippen LogP contribution in [0.3, 0.4) is 0 Å². The average molecular weight is 468 g/mol. The lowest BCUT2D eigenvalue weighted by Gasteiger charge is -2.20. The minimum absolute atomic E-state index is 0.0582. The predicted molar refractivity (Wildman–Crippen MR) is 123 cm³/mol. The molecule has 4 amide bonds. The Morgan fingerprint density at radius 1 is 1.09 bits per heavy atom. The molecule has 0 saturated carbocycles. The largest absolute Gasteiger partial charge is 0.494 e. The van der Waals surface area contributed by atoms with Gasteiger partial charge in [0.25, 0.3) is 5.91 Å². The van der Waals surface area contributed by atoms with Crippen LogP contribution in [0.2, 0.25) is 5.02 Å². The standard InChI is InChI=1S/C24H22ClN3O5/c1-2-32-19-11-7-17(8-12-19)26-22(29)14-21-23(30)28(18-9-5-16(25)6-10-18)24(31)27(21)15-20-4-3-13-33-20/h3-13,21H,2,14-15H2,1H3,(H,26,29). The van der Waals surface area contributed by atoms with Crippen LogP contribution in [0.25, 0.3) is 0 Å². The van der Waals surface area contributed by atoms with E-state index in [9.17, 15) is 14.4 Å². The minimum atomic E-state index is -0.985. The number of nitrogens with one attached hydrogen (secondary N) is 1. The number of carbonyl (C=O) groups is 3. The maximum atomic E-state index is 13.2. The van der Waals surface area contributed by atoms with Gasteiger partial charge < -0.3 is 19.4 Å². The molecule has 1 aliphatic rings. The van der Waals surface area contributed by atoms with Crippen LogP contribution in [0, 0.1) is 0 Å². The quantitative estimate of drug-likeness (QED) is 0.485. The van der Waals surface area contributed by atoms with Gasteiger partial charge in [0.05, 0.1) is 31.5 Å². The molecule has 1 saturated heterocycles. The van der Waals surface area contributed by atoms with Gasteiger partial charge in [-0.25, -0.2) is 9.69 Å². The fraction of sp³-hybridized carbons (Fsp3) is 0.208. The smallest absolute Gasteiger partial charge is 0.332 e. The number of benzene rings is 2. The van der Waals surface area contributed by atoms with E-state index in [1.165, 1.54) is 11.2 Å². The van der Waals surface area contributed by atoms with E-state index in [2.05, 4.69) is 5.32 Å². The Hall–Kier alpha value is -3.78. The number of imide groups is 1. The number of hydrogen-bond donors (Lipinski definition) is 1. The highest BCUT2D eigenvalue weighted by atomic mass is 35.5. The first kappa shape index (κ1) is 22.4. The van der Waals surface area contributed by atoms with E-state index >= 15 is 0 Å². The van der Waals surface area contributed by atoms with Crippen LogP contribution in [-0.4, -0.2) is 35.4 Å². The van der Waals surface area contributed by atoms with Crippen molar-refractivity contribution in [3.8, 4) is 5.75 Å². The number of amides is 4. The molecule has 33 heavy (non-hydrogen) atoms. The first-order valence-electron chi connectivity index (χ1n) is 10.4. The van der Waals surface area contributed by atoms with Gasteiger partial charge in [0.15, 0.2) is 0 Å². The molecule has 0 aliphatic carbocycles. The maximum Gasteiger partial charge on any atom is 0.332 e. The summed E-state index contributed by atoms with van der Waals surface area (Å²) < 4.78 is 10.8. The van der Waals surface area contributed by atoms with Crippen molar-refractivity contribution in [2.45, 2.75) is 25.9 Å². The molecule has 0 bridgehead atoms. The Labute approximate surface area is 195 Å². The summed E-state index contributed by atoms with van der Waals surface area (Å²) >= 11 is 5.94. The third kappa shape index (κ3) is 5.01. The number of ether oxygens (including phenoxy) is 1. The molecule has 170 valence electrons. The minimum Gasteiger partial charge on any atom is -0.494 e. The van der Waals surface area contributed by atoms with Gasteiger partial charge in [-0.1, -0.05) is 11.6 Å². The second-order valence-corrected chi connectivity index (χ2v) is 7.80. The summed E-state index contributed by atoms with van der Waals surface area (Å²) in [5, 5.41) is 3.25. The number of hydrogen-bond acceptors (Lipinski definition) is 5. The Bertz CT molecular complexity index is 1130. The lowest BCUT2D eigenvalue weighted by Crippen LogP contribution is -2.37. The van der Waals surface area contributed by atoms with Gasteiger partial charge in [-0.15, -0.1) is 0 Å². The van der Waals surface area contributed by atoms with Crippen LogP contribution in [-0.2, 0) is 16.1 Å². The molecule has 1 aliphatic heterocycles. The third-order valence-electron chi connectivity index (χ3n) is 5.14. The van der Waals surface area contributed by atoms with Crippen molar-refractivity contribution in [3.63, 3.8) is 0 Å².